The van der Waals surface area contributed by atoms with Crippen molar-refractivity contribution in [1.29, 1.82) is 0 Å². The summed E-state index contributed by atoms with van der Waals surface area (Å²) in [5.74, 6) is -0.112. The summed E-state index contributed by atoms with van der Waals surface area (Å²) in [6.07, 6.45) is -0.966. The van der Waals surface area contributed by atoms with Crippen molar-refractivity contribution < 1.29 is 9.90 Å². The van der Waals surface area contributed by atoms with E-state index in [-0.39, 0.29) is 16.6 Å². The highest BCUT2D eigenvalue weighted by molar-refractivity contribution is 7.70. The third-order valence-electron chi connectivity index (χ3n) is 3.21. The Hall–Kier alpha value is -0.450. The van der Waals surface area contributed by atoms with Gasteiger partial charge in [0.15, 0.2) is 5.78 Å². The van der Waals surface area contributed by atoms with E-state index in [0.29, 0.717) is 0 Å². The fourth-order valence-electron chi connectivity index (χ4n) is 2.41. The van der Waals surface area contributed by atoms with Crippen LogP contribution in [0.25, 0.3) is 11.1 Å². The van der Waals surface area contributed by atoms with Crippen LogP contribution in [-0.2, 0) is 4.79 Å². The van der Waals surface area contributed by atoms with Crippen LogP contribution in [0.1, 0.15) is 41.5 Å². The van der Waals surface area contributed by atoms with Crippen LogP contribution < -0.4 is 9.06 Å². The molecule has 2 rings (SSSR count). The summed E-state index contributed by atoms with van der Waals surface area (Å²) in [6.45, 7) is 12.2. The molecule has 0 bridgehead atoms. The van der Waals surface area contributed by atoms with Crippen LogP contribution in [0.2, 0.25) is 0 Å². The average molecular weight is 284 g/mol. The molecule has 0 amide bonds. The summed E-state index contributed by atoms with van der Waals surface area (Å²) in [7, 11) is 3.33. The van der Waals surface area contributed by atoms with Crippen molar-refractivity contribution in [3.8, 4) is 0 Å². The number of hydrogen-bond donors (Lipinski definition) is 1. The monoisotopic (exact) mass is 284 g/mol. The second kappa shape index (κ2) is 4.02. The molecule has 0 aromatic carbocycles. The molecule has 0 spiro atoms. The van der Waals surface area contributed by atoms with Gasteiger partial charge in [-0.15, -0.1) is 0 Å². The van der Waals surface area contributed by atoms with Gasteiger partial charge in [-0.25, -0.2) is 0 Å². The first-order valence-corrected chi connectivity index (χ1v) is 8.26. The lowest BCUT2D eigenvalue weighted by molar-refractivity contribution is -0.120. The van der Waals surface area contributed by atoms with Crippen LogP contribution in [0, 0.1) is 10.8 Å². The van der Waals surface area contributed by atoms with Crippen LogP contribution in [0.4, 0.5) is 0 Å². The molecule has 1 heterocycles. The summed E-state index contributed by atoms with van der Waals surface area (Å²) in [4.78, 5) is 12.5. The quantitative estimate of drug-likeness (QED) is 0.741. The number of carbonyl (C=O) groups excluding carboxylic acids is 1. The molecule has 4 heteroatoms. The van der Waals surface area contributed by atoms with Gasteiger partial charge < -0.3 is 5.11 Å². The number of ketones is 1. The maximum Gasteiger partial charge on any atom is 0.193 e. The zero-order valence-corrected chi connectivity index (χ0v) is 13.4. The van der Waals surface area contributed by atoms with Gasteiger partial charge >= 0.3 is 0 Å². The van der Waals surface area contributed by atoms with Crippen LogP contribution >= 0.6 is 20.7 Å². The molecule has 100 valence electrons. The maximum absolute atomic E-state index is 12.5. The number of rotatable bonds is 0. The van der Waals surface area contributed by atoms with E-state index in [1.165, 1.54) is 0 Å². The lowest BCUT2D eigenvalue weighted by Crippen LogP contribution is -2.48. The maximum atomic E-state index is 12.5. The smallest absolute Gasteiger partial charge is 0.193 e. The van der Waals surface area contributed by atoms with Gasteiger partial charge in [0.1, 0.15) is 6.10 Å². The Morgan fingerprint density at radius 2 is 1.44 bits per heavy atom. The van der Waals surface area contributed by atoms with Crippen molar-refractivity contribution in [2.75, 3.05) is 0 Å². The van der Waals surface area contributed by atoms with Crippen molar-refractivity contribution in [1.82, 2.24) is 0 Å². The molecular weight excluding hydrogens is 264 g/mol. The first-order chi connectivity index (χ1) is 8.05. The number of carbonyl (C=O) groups is 1. The Morgan fingerprint density at radius 1 is 0.944 bits per heavy atom. The third-order valence-corrected chi connectivity index (χ3v) is 5.84. The van der Waals surface area contributed by atoms with Gasteiger partial charge in [-0.05, 0) is 16.4 Å². The Labute approximate surface area is 115 Å². The van der Waals surface area contributed by atoms with E-state index in [4.69, 9.17) is 0 Å². The molecule has 0 radical (unpaired) electrons. The zero-order chi connectivity index (χ0) is 13.9. The molecule has 0 aliphatic heterocycles. The predicted molar refractivity (Wildman–Crippen MR) is 78.2 cm³/mol. The molecular formula is C14H20O2S2. The third kappa shape index (κ3) is 2.00. The highest BCUT2D eigenvalue weighted by atomic mass is 32.9. The first-order valence-electron chi connectivity index (χ1n) is 6.11. The molecule has 0 saturated heterocycles. The molecule has 2 nitrogen and oxygen atoms in total. The summed E-state index contributed by atoms with van der Waals surface area (Å²) in [5, 5.41) is 10.4. The molecule has 1 unspecified atom stereocenters. The molecule has 18 heavy (non-hydrogen) atoms. The summed E-state index contributed by atoms with van der Waals surface area (Å²) >= 11 is 0. The average Bonchev–Trinajstić information content (AvgIpc) is 2.12. The SMILES string of the molecule is CC(C)(C)C1=c2ssc2=C(C(C)(C)C)C(O)C1=O. The number of fused-ring (bicyclic) bond motifs is 1. The topological polar surface area (TPSA) is 37.3 Å². The van der Waals surface area contributed by atoms with Crippen LogP contribution in [-0.4, -0.2) is 17.0 Å². The van der Waals surface area contributed by atoms with Gasteiger partial charge in [0.2, 0.25) is 0 Å². The Bertz CT molecular complexity index is 602. The molecule has 1 aliphatic rings. The summed E-state index contributed by atoms with van der Waals surface area (Å²) in [5.41, 5.74) is 1.30. The van der Waals surface area contributed by atoms with E-state index in [1.807, 2.05) is 20.8 Å². The number of aliphatic hydroxyl groups excluding tert-OH is 1. The van der Waals surface area contributed by atoms with E-state index >= 15 is 0 Å². The lowest BCUT2D eigenvalue weighted by Gasteiger charge is -2.33. The Balaban J connectivity index is 2.85. The van der Waals surface area contributed by atoms with E-state index in [9.17, 15) is 9.90 Å². The van der Waals surface area contributed by atoms with Crippen molar-refractivity contribution in [2.45, 2.75) is 47.6 Å². The molecule has 1 N–H and O–H groups in total. The van der Waals surface area contributed by atoms with Gasteiger partial charge in [-0.2, -0.15) is 0 Å². The minimum absolute atomic E-state index is 0.112. The van der Waals surface area contributed by atoms with Crippen LogP contribution in [0.15, 0.2) is 0 Å². The second-order valence-electron chi connectivity index (χ2n) is 6.88. The molecule has 0 saturated carbocycles. The van der Waals surface area contributed by atoms with Gasteiger partial charge in [-0.3, -0.25) is 4.79 Å². The minimum Gasteiger partial charge on any atom is -0.380 e. The molecule has 0 fully saturated rings. The van der Waals surface area contributed by atoms with Crippen LogP contribution in [0.5, 0.6) is 0 Å². The number of aliphatic hydroxyl groups is 1. The Kier molecular flexibility index (Phi) is 3.12. The van der Waals surface area contributed by atoms with Crippen molar-refractivity contribution in [3.05, 3.63) is 9.06 Å². The van der Waals surface area contributed by atoms with Crippen molar-refractivity contribution in [2.24, 2.45) is 10.8 Å². The fraction of sp³-hybridized carbons (Fsp3) is 0.643. The second-order valence-corrected chi connectivity index (χ2v) is 9.03. The van der Waals surface area contributed by atoms with E-state index < -0.39 is 6.10 Å². The first kappa shape index (κ1) is 14.0. The van der Waals surface area contributed by atoms with Crippen molar-refractivity contribution >= 4 is 37.6 Å². The van der Waals surface area contributed by atoms with Gasteiger partial charge in [-0.1, -0.05) is 62.2 Å². The van der Waals surface area contributed by atoms with E-state index in [0.717, 1.165) is 20.2 Å². The highest BCUT2D eigenvalue weighted by Crippen LogP contribution is 2.36. The number of hydrogen-bond acceptors (Lipinski definition) is 4. The zero-order valence-electron chi connectivity index (χ0n) is 11.7. The standard InChI is InChI=1S/C14H20O2S2/c1-13(2,3)7-9(15)10(16)8(14(4,5)6)12-11(7)17-18-12/h9,15H,1-6H3. The Morgan fingerprint density at radius 3 is 1.78 bits per heavy atom. The van der Waals surface area contributed by atoms with Crippen LogP contribution in [0.3, 0.4) is 0 Å². The van der Waals surface area contributed by atoms with Crippen molar-refractivity contribution in [3.63, 3.8) is 0 Å². The van der Waals surface area contributed by atoms with Gasteiger partial charge in [0.05, 0.1) is 9.06 Å². The van der Waals surface area contributed by atoms with Gasteiger partial charge in [0, 0.05) is 5.57 Å². The molecule has 1 aliphatic carbocycles. The predicted octanol–water partition coefficient (Wildman–Crippen LogP) is 2.15. The van der Waals surface area contributed by atoms with E-state index in [2.05, 4.69) is 20.8 Å². The lowest BCUT2D eigenvalue weighted by atomic mass is 9.74. The van der Waals surface area contributed by atoms with Gasteiger partial charge in [0.25, 0.3) is 0 Å². The highest BCUT2D eigenvalue weighted by Gasteiger charge is 2.39. The minimum atomic E-state index is -0.966. The normalized spacial score (nSPS) is 21.5. The largest absolute Gasteiger partial charge is 0.380 e. The summed E-state index contributed by atoms with van der Waals surface area (Å²) in [6, 6.07) is 0. The molecule has 1 aromatic rings. The molecule has 1 aromatic heterocycles. The van der Waals surface area contributed by atoms with E-state index in [1.54, 1.807) is 20.7 Å². The fourth-order valence-corrected chi connectivity index (χ4v) is 5.14. The summed E-state index contributed by atoms with van der Waals surface area (Å²) < 4.78 is 2.22. The number of Topliss-reactive ketones (excluding diaryl/α,β-unsaturated/α-hetero) is 1. The molecule has 1 atom stereocenters.